The third kappa shape index (κ3) is 4.31. The molecule has 0 radical (unpaired) electrons. The van der Waals surface area contributed by atoms with E-state index in [2.05, 4.69) is 5.32 Å². The van der Waals surface area contributed by atoms with Crippen molar-refractivity contribution < 1.29 is 14.3 Å². The van der Waals surface area contributed by atoms with Gasteiger partial charge in [0.1, 0.15) is 0 Å². The number of nitrogens with zero attached hydrogens (tertiary/aromatic N) is 1. The summed E-state index contributed by atoms with van der Waals surface area (Å²) in [6, 6.07) is 7.43. The molecule has 2 atom stereocenters. The van der Waals surface area contributed by atoms with Gasteiger partial charge in [-0.1, -0.05) is 12.1 Å². The van der Waals surface area contributed by atoms with Crippen molar-refractivity contribution in [3.63, 3.8) is 0 Å². The average molecular weight is 372 g/mol. The van der Waals surface area contributed by atoms with Crippen molar-refractivity contribution in [2.24, 2.45) is 0 Å². The van der Waals surface area contributed by atoms with E-state index in [1.807, 2.05) is 60.7 Å². The smallest absolute Gasteiger partial charge is 0.254 e. The van der Waals surface area contributed by atoms with Crippen molar-refractivity contribution in [2.45, 2.75) is 39.5 Å². The van der Waals surface area contributed by atoms with E-state index in [1.165, 1.54) is 11.3 Å². The van der Waals surface area contributed by atoms with Gasteiger partial charge in [-0.3, -0.25) is 9.59 Å². The summed E-state index contributed by atoms with van der Waals surface area (Å²) in [5.74, 6) is -0.0447. The topological polar surface area (TPSA) is 58.6 Å². The predicted molar refractivity (Wildman–Crippen MR) is 103 cm³/mol. The van der Waals surface area contributed by atoms with Gasteiger partial charge in [0.2, 0.25) is 0 Å². The number of benzene rings is 1. The van der Waals surface area contributed by atoms with Crippen molar-refractivity contribution in [1.82, 2.24) is 10.2 Å². The summed E-state index contributed by atoms with van der Waals surface area (Å²) in [4.78, 5) is 26.7. The number of amides is 2. The van der Waals surface area contributed by atoms with Gasteiger partial charge in [0.05, 0.1) is 17.8 Å². The van der Waals surface area contributed by atoms with Crippen molar-refractivity contribution in [3.05, 3.63) is 57.3 Å². The Hall–Kier alpha value is -2.18. The molecule has 138 valence electrons. The molecule has 1 aromatic carbocycles. The third-order valence-electron chi connectivity index (χ3n) is 4.46. The third-order valence-corrected chi connectivity index (χ3v) is 5.32. The lowest BCUT2D eigenvalue weighted by molar-refractivity contribution is -0.0586. The van der Waals surface area contributed by atoms with E-state index < -0.39 is 0 Å². The second-order valence-corrected chi connectivity index (χ2v) is 7.56. The van der Waals surface area contributed by atoms with Crippen LogP contribution in [-0.2, 0) is 11.3 Å². The van der Waals surface area contributed by atoms with Crippen LogP contribution in [0.15, 0.2) is 35.0 Å². The number of nitrogens with one attached hydrogen (secondary N) is 1. The summed E-state index contributed by atoms with van der Waals surface area (Å²) in [6.45, 7) is 7.56. The van der Waals surface area contributed by atoms with Gasteiger partial charge in [-0.2, -0.15) is 11.3 Å². The van der Waals surface area contributed by atoms with E-state index >= 15 is 0 Å². The van der Waals surface area contributed by atoms with Crippen LogP contribution in [0.5, 0.6) is 0 Å². The molecule has 0 aliphatic carbocycles. The minimum atomic E-state index is -0.0693. The van der Waals surface area contributed by atoms with Crippen molar-refractivity contribution in [3.8, 4) is 0 Å². The van der Waals surface area contributed by atoms with Crippen LogP contribution >= 0.6 is 11.3 Å². The van der Waals surface area contributed by atoms with Crippen LogP contribution in [-0.4, -0.2) is 42.0 Å². The van der Waals surface area contributed by atoms with Gasteiger partial charge in [0, 0.05) is 30.6 Å². The Labute approximate surface area is 158 Å². The molecule has 26 heavy (non-hydrogen) atoms. The number of carbonyl (C=O) groups excluding carboxylic acids is 2. The number of thiophene rings is 1. The first-order valence-corrected chi connectivity index (χ1v) is 9.73. The number of rotatable bonds is 4. The first-order valence-electron chi connectivity index (χ1n) is 8.78. The molecule has 0 saturated carbocycles. The summed E-state index contributed by atoms with van der Waals surface area (Å²) in [6.07, 6.45) is 0.107. The Kier molecular flexibility index (Phi) is 5.74. The highest BCUT2D eigenvalue weighted by Crippen LogP contribution is 2.16. The first kappa shape index (κ1) is 18.6. The summed E-state index contributed by atoms with van der Waals surface area (Å²) in [5, 5.41) is 6.74. The van der Waals surface area contributed by atoms with Gasteiger partial charge in [-0.25, -0.2) is 0 Å². The van der Waals surface area contributed by atoms with Gasteiger partial charge in [-0.05, 0) is 49.4 Å². The van der Waals surface area contributed by atoms with Crippen LogP contribution < -0.4 is 5.32 Å². The molecule has 2 unspecified atom stereocenters. The second-order valence-electron chi connectivity index (χ2n) is 6.82. The fourth-order valence-electron chi connectivity index (χ4n) is 3.16. The number of hydrogen-bond acceptors (Lipinski definition) is 4. The van der Waals surface area contributed by atoms with Crippen molar-refractivity contribution in [2.75, 3.05) is 13.1 Å². The number of aryl methyl sites for hydroxylation is 1. The van der Waals surface area contributed by atoms with E-state index in [0.29, 0.717) is 25.2 Å². The molecule has 1 fully saturated rings. The molecule has 1 aliphatic heterocycles. The Morgan fingerprint density at radius 2 is 1.81 bits per heavy atom. The highest BCUT2D eigenvalue weighted by Gasteiger charge is 2.26. The number of morpholine rings is 1. The number of carbonyl (C=O) groups is 2. The maximum atomic E-state index is 12.7. The van der Waals surface area contributed by atoms with Crippen LogP contribution in [0.25, 0.3) is 0 Å². The zero-order valence-corrected chi connectivity index (χ0v) is 16.1. The molecule has 5 nitrogen and oxygen atoms in total. The molecule has 0 spiro atoms. The van der Waals surface area contributed by atoms with Crippen molar-refractivity contribution >= 4 is 23.2 Å². The molecule has 1 N–H and O–H groups in total. The Balaban J connectivity index is 1.59. The SMILES string of the molecule is Cc1cscc1C(=O)NCc1ccc(C(=O)N2CC(C)OC(C)C2)cc1. The molecular weight excluding hydrogens is 348 g/mol. The maximum absolute atomic E-state index is 12.7. The lowest BCUT2D eigenvalue weighted by atomic mass is 10.1. The lowest BCUT2D eigenvalue weighted by Crippen LogP contribution is -2.48. The summed E-state index contributed by atoms with van der Waals surface area (Å²) >= 11 is 1.52. The van der Waals surface area contributed by atoms with Gasteiger partial charge in [0.15, 0.2) is 0 Å². The molecule has 2 heterocycles. The Bertz CT molecular complexity index is 775. The first-order chi connectivity index (χ1) is 12.4. The van der Waals surface area contributed by atoms with Crippen LogP contribution in [0.1, 0.15) is 45.7 Å². The second kappa shape index (κ2) is 8.01. The zero-order valence-electron chi connectivity index (χ0n) is 15.3. The molecule has 6 heteroatoms. The maximum Gasteiger partial charge on any atom is 0.254 e. The quantitative estimate of drug-likeness (QED) is 0.896. The number of hydrogen-bond donors (Lipinski definition) is 1. The highest BCUT2D eigenvalue weighted by molar-refractivity contribution is 7.08. The van der Waals surface area contributed by atoms with Gasteiger partial charge in [0.25, 0.3) is 11.8 Å². The van der Waals surface area contributed by atoms with Gasteiger partial charge >= 0.3 is 0 Å². The minimum Gasteiger partial charge on any atom is -0.372 e. The Morgan fingerprint density at radius 3 is 2.38 bits per heavy atom. The number of ether oxygens (including phenoxy) is 1. The molecular formula is C20H24N2O3S. The largest absolute Gasteiger partial charge is 0.372 e. The van der Waals surface area contributed by atoms with Crippen LogP contribution in [0.2, 0.25) is 0 Å². The molecule has 2 aromatic rings. The van der Waals surface area contributed by atoms with E-state index in [4.69, 9.17) is 4.74 Å². The predicted octanol–water partition coefficient (Wildman–Crippen LogP) is 3.24. The van der Waals surface area contributed by atoms with E-state index in [9.17, 15) is 9.59 Å². The van der Waals surface area contributed by atoms with E-state index in [0.717, 1.165) is 16.7 Å². The van der Waals surface area contributed by atoms with Gasteiger partial charge < -0.3 is 15.0 Å². The normalized spacial score (nSPS) is 20.0. The Morgan fingerprint density at radius 1 is 1.15 bits per heavy atom. The van der Waals surface area contributed by atoms with Crippen LogP contribution in [0.3, 0.4) is 0 Å². The fraction of sp³-hybridized carbons (Fsp3) is 0.400. The fourth-order valence-corrected chi connectivity index (χ4v) is 3.99. The molecule has 1 aliphatic rings. The van der Waals surface area contributed by atoms with E-state index in [-0.39, 0.29) is 24.0 Å². The van der Waals surface area contributed by atoms with Crippen LogP contribution in [0.4, 0.5) is 0 Å². The summed E-state index contributed by atoms with van der Waals surface area (Å²) in [7, 11) is 0. The average Bonchev–Trinajstić information content (AvgIpc) is 3.05. The molecule has 1 saturated heterocycles. The van der Waals surface area contributed by atoms with Crippen LogP contribution in [0, 0.1) is 6.92 Å². The summed E-state index contributed by atoms with van der Waals surface area (Å²) in [5.41, 5.74) is 3.33. The molecule has 1 aromatic heterocycles. The van der Waals surface area contributed by atoms with E-state index in [1.54, 1.807) is 0 Å². The van der Waals surface area contributed by atoms with Crippen molar-refractivity contribution in [1.29, 1.82) is 0 Å². The van der Waals surface area contributed by atoms with Gasteiger partial charge in [-0.15, -0.1) is 0 Å². The molecule has 2 amide bonds. The highest BCUT2D eigenvalue weighted by atomic mass is 32.1. The molecule has 0 bridgehead atoms. The monoisotopic (exact) mass is 372 g/mol. The molecule has 3 rings (SSSR count). The zero-order chi connectivity index (χ0) is 18.7. The standard InChI is InChI=1S/C20H24N2O3S/c1-13-11-26-12-18(13)19(23)21-8-16-4-6-17(7-5-16)20(24)22-9-14(2)25-15(3)10-22/h4-7,11-12,14-15H,8-10H2,1-3H3,(H,21,23). The lowest BCUT2D eigenvalue weighted by Gasteiger charge is -2.35. The summed E-state index contributed by atoms with van der Waals surface area (Å²) < 4.78 is 5.68. The minimum absolute atomic E-state index is 0.0245.